The van der Waals surface area contributed by atoms with Crippen molar-refractivity contribution in [2.45, 2.75) is 38.8 Å². The highest BCUT2D eigenvalue weighted by Crippen LogP contribution is 2.23. The van der Waals surface area contributed by atoms with Crippen LogP contribution in [0.5, 0.6) is 0 Å². The Kier molecular flexibility index (Phi) is 5.00. The number of amides is 1. The Hall–Kier alpha value is -2.62. The number of allylic oxidation sites excluding steroid dienone is 2. The van der Waals surface area contributed by atoms with Crippen molar-refractivity contribution in [2.24, 2.45) is 5.92 Å². The van der Waals surface area contributed by atoms with E-state index < -0.39 is 0 Å². The fraction of sp³-hybridized carbons (Fsp3) is 0.364. The van der Waals surface area contributed by atoms with E-state index in [4.69, 9.17) is 0 Å². The molecule has 1 aromatic carbocycles. The van der Waals surface area contributed by atoms with E-state index in [2.05, 4.69) is 63.8 Å². The number of rotatable bonds is 4. The predicted molar refractivity (Wildman–Crippen MR) is 104 cm³/mol. The van der Waals surface area contributed by atoms with Gasteiger partial charge in [-0.1, -0.05) is 42.5 Å². The van der Waals surface area contributed by atoms with Crippen LogP contribution in [0.3, 0.4) is 0 Å². The molecule has 1 amide bonds. The van der Waals surface area contributed by atoms with Crippen LogP contribution in [0.2, 0.25) is 0 Å². The highest BCUT2D eigenvalue weighted by Gasteiger charge is 2.19. The lowest BCUT2D eigenvalue weighted by Gasteiger charge is -2.29. The van der Waals surface area contributed by atoms with Gasteiger partial charge in [0.05, 0.1) is 0 Å². The summed E-state index contributed by atoms with van der Waals surface area (Å²) in [7, 11) is 0. The Bertz CT molecular complexity index is 797. The minimum Gasteiger partial charge on any atom is -0.352 e. The molecule has 0 saturated heterocycles. The van der Waals surface area contributed by atoms with Gasteiger partial charge in [-0.25, -0.2) is 4.98 Å². The molecule has 1 atom stereocenters. The van der Waals surface area contributed by atoms with Gasteiger partial charge in [-0.2, -0.15) is 0 Å². The number of aromatic nitrogens is 1. The number of carbonyl (C=O) groups excluding carboxylic acids is 1. The topological polar surface area (TPSA) is 45.2 Å². The Morgan fingerprint density at radius 3 is 2.81 bits per heavy atom. The minimum atomic E-state index is 0.126. The number of anilines is 1. The van der Waals surface area contributed by atoms with Gasteiger partial charge in [-0.15, -0.1) is 0 Å². The SMILES string of the molecule is O=C(NCc1ccc(N2CCc3ccccc3C2)nc1)C1CC=CCC1. The van der Waals surface area contributed by atoms with Crippen LogP contribution in [0.15, 0.2) is 54.7 Å². The number of hydrogen-bond donors (Lipinski definition) is 1. The molecule has 26 heavy (non-hydrogen) atoms. The van der Waals surface area contributed by atoms with Crippen molar-refractivity contribution in [2.75, 3.05) is 11.4 Å². The first-order valence-corrected chi connectivity index (χ1v) is 9.49. The van der Waals surface area contributed by atoms with Crippen LogP contribution in [0.25, 0.3) is 0 Å². The number of hydrogen-bond acceptors (Lipinski definition) is 3. The minimum absolute atomic E-state index is 0.126. The van der Waals surface area contributed by atoms with E-state index in [-0.39, 0.29) is 11.8 Å². The largest absolute Gasteiger partial charge is 0.352 e. The number of carbonyl (C=O) groups is 1. The summed E-state index contributed by atoms with van der Waals surface area (Å²) in [4.78, 5) is 19.2. The van der Waals surface area contributed by atoms with Crippen LogP contribution in [0, 0.1) is 5.92 Å². The Morgan fingerprint density at radius 2 is 2.04 bits per heavy atom. The third-order valence-electron chi connectivity index (χ3n) is 5.37. The summed E-state index contributed by atoms with van der Waals surface area (Å²) in [6.45, 7) is 2.46. The predicted octanol–water partition coefficient (Wildman–Crippen LogP) is 3.62. The van der Waals surface area contributed by atoms with Gasteiger partial charge in [0.1, 0.15) is 5.82 Å². The molecule has 0 saturated carbocycles. The Morgan fingerprint density at radius 1 is 1.15 bits per heavy atom. The molecule has 4 heteroatoms. The standard InChI is InChI=1S/C22H25N3O/c26-22(19-7-2-1-3-8-19)24-15-17-10-11-21(23-14-17)25-13-12-18-6-4-5-9-20(18)16-25/h1-2,4-6,9-11,14,19H,3,7-8,12-13,15-16H2,(H,24,26). The highest BCUT2D eigenvalue weighted by atomic mass is 16.1. The van der Waals surface area contributed by atoms with Crippen molar-refractivity contribution in [1.82, 2.24) is 10.3 Å². The van der Waals surface area contributed by atoms with E-state index in [0.29, 0.717) is 6.54 Å². The van der Waals surface area contributed by atoms with Gasteiger partial charge in [0.15, 0.2) is 0 Å². The summed E-state index contributed by atoms with van der Waals surface area (Å²) >= 11 is 0. The van der Waals surface area contributed by atoms with Crippen LogP contribution in [-0.4, -0.2) is 17.4 Å². The van der Waals surface area contributed by atoms with Crippen LogP contribution in [0.1, 0.15) is 36.0 Å². The maximum Gasteiger partial charge on any atom is 0.223 e. The number of fused-ring (bicyclic) bond motifs is 1. The lowest BCUT2D eigenvalue weighted by Crippen LogP contribution is -2.31. The second kappa shape index (κ2) is 7.73. The summed E-state index contributed by atoms with van der Waals surface area (Å²) < 4.78 is 0. The lowest BCUT2D eigenvalue weighted by molar-refractivity contribution is -0.125. The maximum atomic E-state index is 12.2. The molecule has 0 bridgehead atoms. The molecule has 0 spiro atoms. The average molecular weight is 347 g/mol. The van der Waals surface area contributed by atoms with Crippen molar-refractivity contribution in [1.29, 1.82) is 0 Å². The quantitative estimate of drug-likeness (QED) is 0.859. The van der Waals surface area contributed by atoms with Crippen LogP contribution < -0.4 is 10.2 Å². The molecular weight excluding hydrogens is 322 g/mol. The summed E-state index contributed by atoms with van der Waals surface area (Å²) in [5.41, 5.74) is 3.88. The summed E-state index contributed by atoms with van der Waals surface area (Å²) in [6, 6.07) is 12.8. The van der Waals surface area contributed by atoms with Crippen molar-refractivity contribution >= 4 is 11.7 Å². The van der Waals surface area contributed by atoms with E-state index in [0.717, 1.165) is 50.2 Å². The molecule has 1 aromatic heterocycles. The molecule has 1 N–H and O–H groups in total. The zero-order chi connectivity index (χ0) is 17.8. The van der Waals surface area contributed by atoms with Crippen LogP contribution >= 0.6 is 0 Å². The first-order valence-electron chi connectivity index (χ1n) is 9.49. The molecule has 0 fully saturated rings. The maximum absolute atomic E-state index is 12.2. The van der Waals surface area contributed by atoms with E-state index in [1.807, 2.05) is 6.20 Å². The van der Waals surface area contributed by atoms with Crippen LogP contribution in [-0.2, 0) is 24.3 Å². The highest BCUT2D eigenvalue weighted by molar-refractivity contribution is 5.78. The summed E-state index contributed by atoms with van der Waals surface area (Å²) in [6.07, 6.45) is 10.0. The number of pyridine rings is 1. The fourth-order valence-corrected chi connectivity index (χ4v) is 3.76. The van der Waals surface area contributed by atoms with E-state index in [9.17, 15) is 4.79 Å². The summed E-state index contributed by atoms with van der Waals surface area (Å²) in [5, 5.41) is 3.05. The second-order valence-corrected chi connectivity index (χ2v) is 7.16. The Balaban J connectivity index is 1.34. The molecule has 2 aromatic rings. The first kappa shape index (κ1) is 16.8. The van der Waals surface area contributed by atoms with Crippen molar-refractivity contribution < 1.29 is 4.79 Å². The normalized spacial score (nSPS) is 19.1. The van der Waals surface area contributed by atoms with Crippen LogP contribution in [0.4, 0.5) is 5.82 Å². The molecule has 4 rings (SSSR count). The fourth-order valence-electron chi connectivity index (χ4n) is 3.76. The number of benzene rings is 1. The zero-order valence-electron chi connectivity index (χ0n) is 15.0. The number of nitrogens with zero attached hydrogens (tertiary/aromatic N) is 2. The number of nitrogens with one attached hydrogen (secondary N) is 1. The molecule has 134 valence electrons. The van der Waals surface area contributed by atoms with Crippen molar-refractivity contribution in [3.63, 3.8) is 0 Å². The van der Waals surface area contributed by atoms with E-state index in [1.54, 1.807) is 0 Å². The molecule has 0 radical (unpaired) electrons. The van der Waals surface area contributed by atoms with Gasteiger partial charge in [-0.3, -0.25) is 4.79 Å². The molecule has 1 aliphatic carbocycles. The third kappa shape index (κ3) is 3.79. The van der Waals surface area contributed by atoms with E-state index in [1.165, 1.54) is 11.1 Å². The molecule has 2 aliphatic rings. The molecule has 1 aliphatic heterocycles. The van der Waals surface area contributed by atoms with Gasteiger partial charge in [0.25, 0.3) is 0 Å². The molecule has 4 nitrogen and oxygen atoms in total. The average Bonchev–Trinajstić information content (AvgIpc) is 2.72. The molecule has 2 heterocycles. The first-order chi connectivity index (χ1) is 12.8. The zero-order valence-corrected chi connectivity index (χ0v) is 15.0. The van der Waals surface area contributed by atoms with Gasteiger partial charge in [0.2, 0.25) is 5.91 Å². The van der Waals surface area contributed by atoms with Gasteiger partial charge >= 0.3 is 0 Å². The summed E-state index contributed by atoms with van der Waals surface area (Å²) in [5.74, 6) is 1.29. The van der Waals surface area contributed by atoms with Crippen molar-refractivity contribution in [3.05, 3.63) is 71.4 Å². The molecule has 1 unspecified atom stereocenters. The van der Waals surface area contributed by atoms with E-state index >= 15 is 0 Å². The van der Waals surface area contributed by atoms with Gasteiger partial charge < -0.3 is 10.2 Å². The lowest BCUT2D eigenvalue weighted by atomic mass is 9.93. The van der Waals surface area contributed by atoms with Crippen molar-refractivity contribution in [3.8, 4) is 0 Å². The molecular formula is C22H25N3O. The van der Waals surface area contributed by atoms with Gasteiger partial charge in [0, 0.05) is 31.7 Å². The second-order valence-electron chi connectivity index (χ2n) is 7.16. The Labute approximate surface area is 154 Å². The smallest absolute Gasteiger partial charge is 0.223 e. The third-order valence-corrected chi connectivity index (χ3v) is 5.37. The van der Waals surface area contributed by atoms with Gasteiger partial charge in [-0.05, 0) is 48.4 Å². The monoisotopic (exact) mass is 347 g/mol.